The molecule has 0 spiro atoms. The van der Waals surface area contributed by atoms with Crippen molar-refractivity contribution in [3.05, 3.63) is 52.8 Å². The highest BCUT2D eigenvalue weighted by atomic mass is 32.2. The van der Waals surface area contributed by atoms with E-state index in [-0.39, 0.29) is 17.0 Å². The lowest BCUT2D eigenvalue weighted by Gasteiger charge is -2.11. The third-order valence-electron chi connectivity index (χ3n) is 4.21. The van der Waals surface area contributed by atoms with E-state index in [0.717, 1.165) is 14.5 Å². The summed E-state index contributed by atoms with van der Waals surface area (Å²) in [4.78, 5) is 17.4. The fourth-order valence-electron chi connectivity index (χ4n) is 2.72. The number of hydrogen-bond acceptors (Lipinski definition) is 5. The molecule has 0 radical (unpaired) electrons. The molecule has 2 aromatic carbocycles. The molecule has 0 N–H and O–H groups in total. The third kappa shape index (κ3) is 3.96. The van der Waals surface area contributed by atoms with Gasteiger partial charge in [-0.2, -0.15) is 4.99 Å². The first-order valence-electron chi connectivity index (χ1n) is 8.51. The Morgan fingerprint density at radius 3 is 2.52 bits per heavy atom. The molecule has 9 heteroatoms. The predicted molar refractivity (Wildman–Crippen MR) is 112 cm³/mol. The van der Waals surface area contributed by atoms with Crippen LogP contribution in [0.1, 0.15) is 10.4 Å². The van der Waals surface area contributed by atoms with Gasteiger partial charge in [-0.1, -0.05) is 23.3 Å². The highest BCUT2D eigenvalue weighted by Gasteiger charge is 2.18. The predicted octanol–water partition coefficient (Wildman–Crippen LogP) is 2.34. The molecule has 150 valence electrons. The summed E-state index contributed by atoms with van der Waals surface area (Å²) in [6, 6.07) is 11.2. The van der Waals surface area contributed by atoms with Gasteiger partial charge in [0.1, 0.15) is 11.3 Å². The van der Waals surface area contributed by atoms with E-state index in [1.165, 1.54) is 49.7 Å². The number of sulfonamides is 1. The Balaban J connectivity index is 2.07. The number of thiazole rings is 1. The van der Waals surface area contributed by atoms with Gasteiger partial charge in [0.05, 0.1) is 23.2 Å². The molecule has 7 nitrogen and oxygen atoms in total. The molecule has 0 aliphatic heterocycles. The van der Waals surface area contributed by atoms with Crippen LogP contribution < -0.4 is 9.54 Å². The minimum Gasteiger partial charge on any atom is -0.495 e. The first-order chi connectivity index (χ1) is 13.8. The number of aromatic nitrogens is 1. The van der Waals surface area contributed by atoms with Gasteiger partial charge in [-0.15, -0.1) is 6.42 Å². The van der Waals surface area contributed by atoms with E-state index in [1.807, 2.05) is 18.2 Å². The van der Waals surface area contributed by atoms with Crippen LogP contribution in [0.15, 0.2) is 52.4 Å². The number of carbonyl (C=O) groups is 1. The van der Waals surface area contributed by atoms with Gasteiger partial charge in [-0.05, 0) is 36.4 Å². The normalized spacial score (nSPS) is 12.3. The summed E-state index contributed by atoms with van der Waals surface area (Å²) in [5.74, 6) is 2.72. The fraction of sp³-hybridized carbons (Fsp3) is 0.200. The van der Waals surface area contributed by atoms with Gasteiger partial charge in [0.15, 0.2) is 4.80 Å². The molecule has 1 aromatic heterocycles. The molecule has 0 unspecified atom stereocenters. The maximum Gasteiger partial charge on any atom is 0.279 e. The van der Waals surface area contributed by atoms with Gasteiger partial charge in [0.25, 0.3) is 5.91 Å². The van der Waals surface area contributed by atoms with Crippen LogP contribution in [0.5, 0.6) is 5.75 Å². The van der Waals surface area contributed by atoms with Crippen molar-refractivity contribution in [2.75, 3.05) is 21.2 Å². The summed E-state index contributed by atoms with van der Waals surface area (Å²) in [6.07, 6.45) is 5.50. The molecule has 0 fully saturated rings. The van der Waals surface area contributed by atoms with E-state index in [9.17, 15) is 13.2 Å². The molecule has 29 heavy (non-hydrogen) atoms. The number of para-hydroxylation sites is 1. The minimum absolute atomic E-state index is 0.105. The number of rotatable bonds is 5. The summed E-state index contributed by atoms with van der Waals surface area (Å²) < 4.78 is 33.5. The monoisotopic (exact) mass is 429 g/mol. The first-order valence-corrected chi connectivity index (χ1v) is 10.8. The number of nitrogens with zero attached hydrogens (tertiary/aromatic N) is 3. The van der Waals surface area contributed by atoms with Crippen LogP contribution in [0.4, 0.5) is 0 Å². The van der Waals surface area contributed by atoms with E-state index in [1.54, 1.807) is 11.7 Å². The zero-order valence-electron chi connectivity index (χ0n) is 16.1. The van der Waals surface area contributed by atoms with Crippen LogP contribution in [0.25, 0.3) is 10.2 Å². The summed E-state index contributed by atoms with van der Waals surface area (Å²) in [7, 11) is 0.900. The Kier molecular flexibility index (Phi) is 5.88. The summed E-state index contributed by atoms with van der Waals surface area (Å²) in [6.45, 7) is 0.229. The van der Waals surface area contributed by atoms with Crippen molar-refractivity contribution in [3.63, 3.8) is 0 Å². The second kappa shape index (κ2) is 8.21. The lowest BCUT2D eigenvalue weighted by atomic mass is 10.2. The number of ether oxygens (including phenoxy) is 1. The van der Waals surface area contributed by atoms with Gasteiger partial charge in [0.2, 0.25) is 10.0 Å². The van der Waals surface area contributed by atoms with E-state index in [0.29, 0.717) is 10.6 Å². The fourth-order valence-corrected chi connectivity index (χ4v) is 4.66. The Labute approximate surface area is 172 Å². The summed E-state index contributed by atoms with van der Waals surface area (Å²) in [5.41, 5.74) is 1.05. The van der Waals surface area contributed by atoms with Crippen LogP contribution in [0, 0.1) is 12.3 Å². The lowest BCUT2D eigenvalue weighted by molar-refractivity contribution is 0.0998. The van der Waals surface area contributed by atoms with Crippen molar-refractivity contribution in [3.8, 4) is 18.1 Å². The van der Waals surface area contributed by atoms with Gasteiger partial charge in [-0.25, -0.2) is 12.7 Å². The minimum atomic E-state index is -3.56. The van der Waals surface area contributed by atoms with Crippen LogP contribution in [-0.2, 0) is 16.6 Å². The molecule has 1 amide bonds. The van der Waals surface area contributed by atoms with Gasteiger partial charge < -0.3 is 9.30 Å². The smallest absolute Gasteiger partial charge is 0.279 e. The Bertz CT molecular complexity index is 1280. The number of benzene rings is 2. The van der Waals surface area contributed by atoms with Gasteiger partial charge in [-0.3, -0.25) is 4.79 Å². The van der Waals surface area contributed by atoms with Crippen LogP contribution in [0.2, 0.25) is 0 Å². The zero-order chi connectivity index (χ0) is 21.2. The van der Waals surface area contributed by atoms with Gasteiger partial charge in [0, 0.05) is 19.7 Å². The molecule has 0 aliphatic rings. The van der Waals surface area contributed by atoms with Gasteiger partial charge >= 0.3 is 0 Å². The SMILES string of the molecule is C#CCn1c(=NC(=O)c2ccc(S(=O)(=O)N(C)C)cc2)sc2cccc(OC)c21. The molecule has 0 bridgehead atoms. The topological polar surface area (TPSA) is 81.0 Å². The second-order valence-electron chi connectivity index (χ2n) is 6.21. The first kappa shape index (κ1) is 20.8. The number of amides is 1. The molecule has 0 saturated carbocycles. The zero-order valence-corrected chi connectivity index (χ0v) is 17.8. The quantitative estimate of drug-likeness (QED) is 0.583. The molecule has 3 aromatic rings. The van der Waals surface area contributed by atoms with Crippen LogP contribution in [-0.4, -0.2) is 44.4 Å². The highest BCUT2D eigenvalue weighted by Crippen LogP contribution is 2.27. The molecule has 0 aliphatic carbocycles. The lowest BCUT2D eigenvalue weighted by Crippen LogP contribution is -2.22. The van der Waals surface area contributed by atoms with Crippen molar-refractivity contribution in [2.24, 2.45) is 4.99 Å². The average Bonchev–Trinajstić information content (AvgIpc) is 3.05. The molecular formula is C20H19N3O4S2. The number of hydrogen-bond donors (Lipinski definition) is 0. The number of carbonyl (C=O) groups excluding carboxylic acids is 1. The molecule has 0 saturated heterocycles. The number of methoxy groups -OCH3 is 1. The molecule has 3 rings (SSSR count). The standard InChI is InChI=1S/C20H19N3O4S2/c1-5-13-23-18-16(27-4)7-6-8-17(18)28-20(23)21-19(24)14-9-11-15(12-10-14)29(25,26)22(2)3/h1,6-12H,13H2,2-4H3. The Morgan fingerprint density at radius 1 is 1.24 bits per heavy atom. The maximum absolute atomic E-state index is 12.7. The maximum atomic E-state index is 12.7. The van der Waals surface area contributed by atoms with Crippen molar-refractivity contribution in [1.82, 2.24) is 8.87 Å². The Morgan fingerprint density at radius 2 is 1.93 bits per heavy atom. The van der Waals surface area contributed by atoms with Crippen molar-refractivity contribution in [1.29, 1.82) is 0 Å². The molecular weight excluding hydrogens is 410 g/mol. The summed E-state index contributed by atoms with van der Waals surface area (Å²) >= 11 is 1.33. The third-order valence-corrected chi connectivity index (χ3v) is 7.08. The second-order valence-corrected chi connectivity index (χ2v) is 9.37. The van der Waals surface area contributed by atoms with Crippen LogP contribution in [0.3, 0.4) is 0 Å². The van der Waals surface area contributed by atoms with Crippen molar-refractivity contribution in [2.45, 2.75) is 11.4 Å². The van der Waals surface area contributed by atoms with Crippen LogP contribution >= 0.6 is 11.3 Å². The van der Waals surface area contributed by atoms with Crippen molar-refractivity contribution < 1.29 is 17.9 Å². The van der Waals surface area contributed by atoms with E-state index in [4.69, 9.17) is 11.2 Å². The highest BCUT2D eigenvalue weighted by molar-refractivity contribution is 7.89. The van der Waals surface area contributed by atoms with E-state index in [2.05, 4.69) is 10.9 Å². The Hall–Kier alpha value is -2.93. The number of terminal acetylenes is 1. The number of fused-ring (bicyclic) bond motifs is 1. The molecule has 0 atom stereocenters. The van der Waals surface area contributed by atoms with E-state index < -0.39 is 15.9 Å². The summed E-state index contributed by atoms with van der Waals surface area (Å²) in [5, 5.41) is 0. The van der Waals surface area contributed by atoms with E-state index >= 15 is 0 Å². The average molecular weight is 430 g/mol. The van der Waals surface area contributed by atoms with Crippen molar-refractivity contribution >= 4 is 37.5 Å². The largest absolute Gasteiger partial charge is 0.495 e. The molecule has 1 heterocycles.